The summed E-state index contributed by atoms with van der Waals surface area (Å²) in [6.07, 6.45) is 1.04. The standard InChI is InChI=1S/C19H22N2O7S/c1-11-8-12(6-7-14(11)21-29(5,24)25)18(22)20-15-10-17(27-3)16(26-2)9-13(15)19(23)28-4/h6-10,21H,1-5H3,(H,20,22). The number of esters is 1. The van der Waals surface area contributed by atoms with E-state index < -0.39 is 21.9 Å². The Kier molecular flexibility index (Phi) is 6.70. The fraction of sp³-hybridized carbons (Fsp3) is 0.263. The van der Waals surface area contributed by atoms with Gasteiger partial charge in [-0.1, -0.05) is 0 Å². The third kappa shape index (κ3) is 5.38. The van der Waals surface area contributed by atoms with Gasteiger partial charge in [-0.25, -0.2) is 13.2 Å². The van der Waals surface area contributed by atoms with Gasteiger partial charge in [0.2, 0.25) is 10.0 Å². The lowest BCUT2D eigenvalue weighted by Crippen LogP contribution is -2.16. The van der Waals surface area contributed by atoms with Crippen molar-refractivity contribution in [2.75, 3.05) is 37.6 Å². The molecule has 0 saturated carbocycles. The summed E-state index contributed by atoms with van der Waals surface area (Å²) in [5, 5.41) is 2.65. The van der Waals surface area contributed by atoms with Crippen LogP contribution in [-0.4, -0.2) is 47.9 Å². The molecule has 0 heterocycles. The van der Waals surface area contributed by atoms with Gasteiger partial charge in [0.25, 0.3) is 5.91 Å². The molecule has 0 radical (unpaired) electrons. The topological polar surface area (TPSA) is 120 Å². The van der Waals surface area contributed by atoms with Crippen LogP contribution in [0, 0.1) is 6.92 Å². The summed E-state index contributed by atoms with van der Waals surface area (Å²) in [7, 11) is 0.634. The molecule has 9 nitrogen and oxygen atoms in total. The summed E-state index contributed by atoms with van der Waals surface area (Å²) in [6.45, 7) is 1.67. The van der Waals surface area contributed by atoms with E-state index in [4.69, 9.17) is 14.2 Å². The number of amides is 1. The molecule has 0 atom stereocenters. The van der Waals surface area contributed by atoms with E-state index in [1.54, 1.807) is 6.92 Å². The molecule has 2 aromatic rings. The number of sulfonamides is 1. The van der Waals surface area contributed by atoms with Gasteiger partial charge in [0, 0.05) is 17.7 Å². The molecule has 1 amide bonds. The van der Waals surface area contributed by atoms with Crippen LogP contribution in [0.1, 0.15) is 26.3 Å². The summed E-state index contributed by atoms with van der Waals surface area (Å²) in [6, 6.07) is 7.34. The summed E-state index contributed by atoms with van der Waals surface area (Å²) >= 11 is 0. The Morgan fingerprint density at radius 1 is 0.931 bits per heavy atom. The number of carbonyl (C=O) groups is 2. The molecule has 0 fully saturated rings. The summed E-state index contributed by atoms with van der Waals surface area (Å²) in [4.78, 5) is 24.8. The van der Waals surface area contributed by atoms with E-state index in [-0.39, 0.29) is 16.8 Å². The van der Waals surface area contributed by atoms with E-state index >= 15 is 0 Å². The van der Waals surface area contributed by atoms with E-state index in [0.29, 0.717) is 22.7 Å². The van der Waals surface area contributed by atoms with Gasteiger partial charge in [-0.3, -0.25) is 9.52 Å². The predicted molar refractivity (Wildman–Crippen MR) is 108 cm³/mol. The monoisotopic (exact) mass is 422 g/mol. The van der Waals surface area contributed by atoms with Crippen molar-refractivity contribution in [2.24, 2.45) is 0 Å². The maximum absolute atomic E-state index is 12.7. The van der Waals surface area contributed by atoms with Crippen molar-refractivity contribution in [2.45, 2.75) is 6.92 Å². The first kappa shape index (κ1) is 22.0. The molecular weight excluding hydrogens is 400 g/mol. The summed E-state index contributed by atoms with van der Waals surface area (Å²) in [5.74, 6) is -0.543. The molecule has 0 aliphatic heterocycles. The predicted octanol–water partition coefficient (Wildman–Crippen LogP) is 2.42. The van der Waals surface area contributed by atoms with E-state index in [9.17, 15) is 18.0 Å². The van der Waals surface area contributed by atoms with Gasteiger partial charge in [-0.05, 0) is 30.7 Å². The molecule has 0 aliphatic carbocycles. The van der Waals surface area contributed by atoms with Crippen molar-refractivity contribution >= 4 is 33.3 Å². The Morgan fingerprint density at radius 3 is 2.07 bits per heavy atom. The largest absolute Gasteiger partial charge is 0.493 e. The molecule has 0 unspecified atom stereocenters. The average Bonchev–Trinajstić information content (AvgIpc) is 2.67. The maximum atomic E-state index is 12.7. The Hall–Kier alpha value is -3.27. The van der Waals surface area contributed by atoms with Gasteiger partial charge in [0.1, 0.15) is 0 Å². The number of anilines is 2. The number of aryl methyl sites for hydroxylation is 1. The smallest absolute Gasteiger partial charge is 0.340 e. The first-order valence-electron chi connectivity index (χ1n) is 8.33. The molecule has 0 saturated heterocycles. The Morgan fingerprint density at radius 2 is 1.55 bits per heavy atom. The highest BCUT2D eigenvalue weighted by Crippen LogP contribution is 2.34. The highest BCUT2D eigenvalue weighted by Gasteiger charge is 2.20. The lowest BCUT2D eigenvalue weighted by atomic mass is 10.1. The molecule has 156 valence electrons. The molecule has 10 heteroatoms. The van der Waals surface area contributed by atoms with Gasteiger partial charge >= 0.3 is 5.97 Å². The van der Waals surface area contributed by atoms with Crippen LogP contribution in [0.15, 0.2) is 30.3 Å². The Balaban J connectivity index is 2.39. The molecule has 0 spiro atoms. The lowest BCUT2D eigenvalue weighted by molar-refractivity contribution is 0.0601. The minimum Gasteiger partial charge on any atom is -0.493 e. The fourth-order valence-corrected chi connectivity index (χ4v) is 3.20. The molecule has 2 N–H and O–H groups in total. The average molecular weight is 422 g/mol. The number of nitrogens with one attached hydrogen (secondary N) is 2. The number of ether oxygens (including phenoxy) is 3. The van der Waals surface area contributed by atoms with Gasteiger partial charge in [-0.2, -0.15) is 0 Å². The van der Waals surface area contributed by atoms with Crippen molar-refractivity contribution in [3.8, 4) is 11.5 Å². The first-order chi connectivity index (χ1) is 13.6. The van der Waals surface area contributed by atoms with Crippen molar-refractivity contribution < 1.29 is 32.2 Å². The number of hydrogen-bond acceptors (Lipinski definition) is 7. The lowest BCUT2D eigenvalue weighted by Gasteiger charge is -2.15. The van der Waals surface area contributed by atoms with Crippen LogP contribution in [0.5, 0.6) is 11.5 Å². The molecule has 2 aromatic carbocycles. The second-order valence-electron chi connectivity index (χ2n) is 6.10. The highest BCUT2D eigenvalue weighted by atomic mass is 32.2. The van der Waals surface area contributed by atoms with Crippen LogP contribution in [-0.2, 0) is 14.8 Å². The molecule has 0 bridgehead atoms. The minimum absolute atomic E-state index is 0.0885. The van der Waals surface area contributed by atoms with E-state index in [2.05, 4.69) is 10.0 Å². The number of methoxy groups -OCH3 is 3. The molecular formula is C19H22N2O7S. The van der Waals surface area contributed by atoms with Gasteiger partial charge < -0.3 is 19.5 Å². The van der Waals surface area contributed by atoms with Crippen LogP contribution in [0.4, 0.5) is 11.4 Å². The summed E-state index contributed by atoms with van der Waals surface area (Å²) in [5.41, 5.74) is 1.46. The SMILES string of the molecule is COC(=O)c1cc(OC)c(OC)cc1NC(=O)c1ccc(NS(C)(=O)=O)c(C)c1. The quantitative estimate of drug-likeness (QED) is 0.658. The Bertz CT molecular complexity index is 1050. The molecule has 0 aliphatic rings. The number of benzene rings is 2. The van der Waals surface area contributed by atoms with Crippen LogP contribution in [0.25, 0.3) is 0 Å². The molecule has 29 heavy (non-hydrogen) atoms. The second kappa shape index (κ2) is 8.82. The summed E-state index contributed by atoms with van der Waals surface area (Å²) < 4.78 is 40.3. The highest BCUT2D eigenvalue weighted by molar-refractivity contribution is 7.92. The van der Waals surface area contributed by atoms with Crippen molar-refractivity contribution in [1.29, 1.82) is 0 Å². The fourth-order valence-electron chi connectivity index (χ4n) is 2.57. The third-order valence-corrected chi connectivity index (χ3v) is 4.55. The van der Waals surface area contributed by atoms with E-state index in [1.165, 1.54) is 51.7 Å². The zero-order valence-corrected chi connectivity index (χ0v) is 17.5. The van der Waals surface area contributed by atoms with Gasteiger partial charge in [0.15, 0.2) is 11.5 Å². The Labute approximate surface area is 169 Å². The second-order valence-corrected chi connectivity index (χ2v) is 7.85. The van der Waals surface area contributed by atoms with Crippen LogP contribution in [0.2, 0.25) is 0 Å². The zero-order chi connectivity index (χ0) is 21.8. The van der Waals surface area contributed by atoms with Crippen molar-refractivity contribution in [3.63, 3.8) is 0 Å². The zero-order valence-electron chi connectivity index (χ0n) is 16.7. The number of rotatable bonds is 7. The van der Waals surface area contributed by atoms with Gasteiger partial charge in [-0.15, -0.1) is 0 Å². The van der Waals surface area contributed by atoms with Crippen LogP contribution in [0.3, 0.4) is 0 Å². The van der Waals surface area contributed by atoms with E-state index in [1.807, 2.05) is 0 Å². The molecule has 0 aromatic heterocycles. The van der Waals surface area contributed by atoms with Crippen molar-refractivity contribution in [1.82, 2.24) is 0 Å². The minimum atomic E-state index is -3.44. The first-order valence-corrected chi connectivity index (χ1v) is 10.2. The van der Waals surface area contributed by atoms with Crippen molar-refractivity contribution in [3.05, 3.63) is 47.0 Å². The van der Waals surface area contributed by atoms with Crippen LogP contribution >= 0.6 is 0 Å². The number of carbonyl (C=O) groups excluding carboxylic acids is 2. The number of hydrogen-bond donors (Lipinski definition) is 2. The van der Waals surface area contributed by atoms with Gasteiger partial charge in [0.05, 0.1) is 44.5 Å². The van der Waals surface area contributed by atoms with Crippen LogP contribution < -0.4 is 19.5 Å². The molecule has 2 rings (SSSR count). The third-order valence-electron chi connectivity index (χ3n) is 3.96. The maximum Gasteiger partial charge on any atom is 0.340 e. The van der Waals surface area contributed by atoms with E-state index in [0.717, 1.165) is 6.26 Å². The normalized spacial score (nSPS) is 10.8.